The minimum atomic E-state index is -0.0507. The van der Waals surface area contributed by atoms with Crippen molar-refractivity contribution in [3.05, 3.63) is 69.7 Å². The Morgan fingerprint density at radius 2 is 1.72 bits per heavy atom. The van der Waals surface area contributed by atoms with E-state index in [2.05, 4.69) is 22.0 Å². The van der Waals surface area contributed by atoms with E-state index in [1.165, 1.54) is 19.3 Å². The predicted molar refractivity (Wildman–Crippen MR) is 165 cm³/mol. The molecule has 5 nitrogen and oxygen atoms in total. The van der Waals surface area contributed by atoms with Gasteiger partial charge in [-0.15, -0.1) is 12.4 Å². The molecule has 1 heterocycles. The Hall–Kier alpha value is -1.79. The maximum absolute atomic E-state index is 12.5. The van der Waals surface area contributed by atoms with Gasteiger partial charge in [0.15, 0.2) is 0 Å². The molecule has 0 saturated carbocycles. The summed E-state index contributed by atoms with van der Waals surface area (Å²) in [6.07, 6.45) is 8.58. The molecule has 1 saturated heterocycles. The lowest BCUT2D eigenvalue weighted by molar-refractivity contribution is -0.132. The van der Waals surface area contributed by atoms with Crippen LogP contribution in [-0.2, 0) is 4.79 Å². The Bertz CT molecular complexity index is 1010. The van der Waals surface area contributed by atoms with Crippen molar-refractivity contribution >= 4 is 47.4 Å². The van der Waals surface area contributed by atoms with Crippen LogP contribution >= 0.6 is 35.6 Å². The lowest BCUT2D eigenvalue weighted by atomic mass is 9.91. The Morgan fingerprint density at radius 3 is 2.36 bits per heavy atom. The topological polar surface area (TPSA) is 52.7 Å². The molecule has 39 heavy (non-hydrogen) atoms. The monoisotopic (exact) mass is 595 g/mol. The molecule has 0 radical (unpaired) electrons. The quantitative estimate of drug-likeness (QED) is 0.229. The Balaban J connectivity index is 0.00000533. The number of nitrogens with one attached hydrogen (secondary N) is 1. The summed E-state index contributed by atoms with van der Waals surface area (Å²) in [5.41, 5.74) is 1.82. The molecule has 1 fully saturated rings. The fourth-order valence-electron chi connectivity index (χ4n) is 5.39. The summed E-state index contributed by atoms with van der Waals surface area (Å²) in [6, 6.07) is 15.5. The van der Waals surface area contributed by atoms with Gasteiger partial charge in [-0.25, -0.2) is 0 Å². The Morgan fingerprint density at radius 1 is 1.00 bits per heavy atom. The molecule has 0 aromatic heterocycles. The highest BCUT2D eigenvalue weighted by atomic mass is 35.5. The Labute approximate surface area is 251 Å². The van der Waals surface area contributed by atoms with E-state index in [1.54, 1.807) is 6.92 Å². The lowest BCUT2D eigenvalue weighted by Crippen LogP contribution is -2.47. The molecule has 216 valence electrons. The van der Waals surface area contributed by atoms with Gasteiger partial charge in [0.1, 0.15) is 0 Å². The number of hydrogen-bond donors (Lipinski definition) is 1. The van der Waals surface area contributed by atoms with Gasteiger partial charge in [0, 0.05) is 44.7 Å². The molecular formula is C31H44Cl3N3O2. The highest BCUT2D eigenvalue weighted by molar-refractivity contribution is 6.42. The van der Waals surface area contributed by atoms with Gasteiger partial charge < -0.3 is 15.1 Å². The van der Waals surface area contributed by atoms with E-state index in [-0.39, 0.29) is 30.1 Å². The smallest absolute Gasteiger partial charge is 0.251 e. The van der Waals surface area contributed by atoms with Gasteiger partial charge >= 0.3 is 0 Å². The van der Waals surface area contributed by atoms with E-state index in [0.717, 1.165) is 63.8 Å². The summed E-state index contributed by atoms with van der Waals surface area (Å²) in [4.78, 5) is 29.5. The molecule has 1 atom stereocenters. The fourth-order valence-corrected chi connectivity index (χ4v) is 5.70. The van der Waals surface area contributed by atoms with Gasteiger partial charge in [0.2, 0.25) is 5.91 Å². The third-order valence-electron chi connectivity index (χ3n) is 7.68. The number of piperidine rings is 1. The summed E-state index contributed by atoms with van der Waals surface area (Å²) in [6.45, 7) is 8.38. The molecule has 1 aliphatic heterocycles. The van der Waals surface area contributed by atoms with Crippen LogP contribution in [0.1, 0.15) is 87.1 Å². The summed E-state index contributed by atoms with van der Waals surface area (Å²) in [5.74, 6) is 0.410. The number of nitrogens with zero attached hydrogens (tertiary/aromatic N) is 2. The third kappa shape index (κ3) is 11.0. The zero-order valence-electron chi connectivity index (χ0n) is 23.3. The molecule has 1 N–H and O–H groups in total. The number of halogens is 3. The van der Waals surface area contributed by atoms with Crippen LogP contribution in [0.5, 0.6) is 0 Å². The molecule has 1 aliphatic rings. The van der Waals surface area contributed by atoms with Crippen LogP contribution in [0.4, 0.5) is 0 Å². The van der Waals surface area contributed by atoms with Gasteiger partial charge in [0.25, 0.3) is 5.91 Å². The van der Waals surface area contributed by atoms with Crippen molar-refractivity contribution in [2.75, 3.05) is 32.7 Å². The molecule has 0 aliphatic carbocycles. The molecule has 0 spiro atoms. The lowest BCUT2D eigenvalue weighted by Gasteiger charge is -2.38. The molecule has 1 unspecified atom stereocenters. The summed E-state index contributed by atoms with van der Waals surface area (Å²) in [7, 11) is 0. The molecular weight excluding hydrogens is 553 g/mol. The van der Waals surface area contributed by atoms with Crippen molar-refractivity contribution < 1.29 is 9.59 Å². The van der Waals surface area contributed by atoms with E-state index in [4.69, 9.17) is 23.2 Å². The minimum Gasteiger partial charge on any atom is -0.352 e. The van der Waals surface area contributed by atoms with E-state index < -0.39 is 0 Å². The number of carbonyl (C=O) groups excluding carboxylic acids is 2. The summed E-state index contributed by atoms with van der Waals surface area (Å²) >= 11 is 12.5. The largest absolute Gasteiger partial charge is 0.352 e. The van der Waals surface area contributed by atoms with Crippen LogP contribution in [0.25, 0.3) is 0 Å². The normalized spacial score (nSPS) is 14.9. The SMILES string of the molecule is CCCCCCN(C(C)=O)C1CCN(CCC(CCNC(=O)c2ccccc2)c2ccc(Cl)c(Cl)c2)CC1.Cl. The van der Waals surface area contributed by atoms with Crippen molar-refractivity contribution in [3.8, 4) is 0 Å². The average molecular weight is 597 g/mol. The average Bonchev–Trinajstić information content (AvgIpc) is 2.93. The highest BCUT2D eigenvalue weighted by Gasteiger charge is 2.26. The van der Waals surface area contributed by atoms with Crippen molar-refractivity contribution in [2.24, 2.45) is 0 Å². The molecule has 3 rings (SSSR count). The molecule has 8 heteroatoms. The number of benzene rings is 2. The van der Waals surface area contributed by atoms with Gasteiger partial charge in [-0.05, 0) is 74.4 Å². The summed E-state index contributed by atoms with van der Waals surface area (Å²) in [5, 5.41) is 4.18. The van der Waals surface area contributed by atoms with E-state index >= 15 is 0 Å². The van der Waals surface area contributed by atoms with E-state index in [0.29, 0.717) is 28.2 Å². The van der Waals surface area contributed by atoms with Crippen LogP contribution < -0.4 is 5.32 Å². The zero-order chi connectivity index (χ0) is 27.3. The molecule has 2 amide bonds. The van der Waals surface area contributed by atoms with Crippen LogP contribution in [0, 0.1) is 0 Å². The number of rotatable bonds is 14. The van der Waals surface area contributed by atoms with Crippen molar-refractivity contribution in [3.63, 3.8) is 0 Å². The maximum Gasteiger partial charge on any atom is 0.251 e. The van der Waals surface area contributed by atoms with Gasteiger partial charge in [-0.3, -0.25) is 9.59 Å². The van der Waals surface area contributed by atoms with Gasteiger partial charge in [-0.2, -0.15) is 0 Å². The third-order valence-corrected chi connectivity index (χ3v) is 8.42. The first-order chi connectivity index (χ1) is 18.4. The van der Waals surface area contributed by atoms with Crippen molar-refractivity contribution in [1.82, 2.24) is 15.1 Å². The fraction of sp³-hybridized carbons (Fsp3) is 0.548. The zero-order valence-corrected chi connectivity index (χ0v) is 25.7. The van der Waals surface area contributed by atoms with Crippen LogP contribution in [0.15, 0.2) is 48.5 Å². The Kier molecular flexibility index (Phi) is 15.3. The highest BCUT2D eigenvalue weighted by Crippen LogP contribution is 2.30. The van der Waals surface area contributed by atoms with Crippen LogP contribution in [-0.4, -0.2) is 60.4 Å². The first-order valence-corrected chi connectivity index (χ1v) is 14.9. The number of hydrogen-bond acceptors (Lipinski definition) is 3. The second-order valence-corrected chi connectivity index (χ2v) is 11.2. The van der Waals surface area contributed by atoms with Gasteiger partial charge in [0.05, 0.1) is 10.0 Å². The van der Waals surface area contributed by atoms with Crippen molar-refractivity contribution in [1.29, 1.82) is 0 Å². The molecule has 0 bridgehead atoms. The van der Waals surface area contributed by atoms with E-state index in [1.807, 2.05) is 48.5 Å². The molecule has 2 aromatic carbocycles. The molecule has 2 aromatic rings. The number of amides is 2. The second kappa shape index (κ2) is 17.8. The van der Waals surface area contributed by atoms with Gasteiger partial charge in [-0.1, -0.05) is 73.7 Å². The first-order valence-electron chi connectivity index (χ1n) is 14.2. The minimum absolute atomic E-state index is 0. The standard InChI is InChI=1S/C31H43Cl2N3O2.ClH/c1-3-4-5-9-19-36(24(2)37)28-16-21-35(22-17-28)20-15-25(27-12-13-29(32)30(33)23-27)14-18-34-31(38)26-10-7-6-8-11-26;/h6-8,10-13,23,25,28H,3-5,9,14-22H2,1-2H3,(H,34,38);1H. The maximum atomic E-state index is 12.5. The van der Waals surface area contributed by atoms with Crippen LogP contribution in [0.3, 0.4) is 0 Å². The first kappa shape index (κ1) is 33.4. The second-order valence-electron chi connectivity index (χ2n) is 10.4. The number of carbonyl (C=O) groups is 2. The number of unbranched alkanes of at least 4 members (excludes halogenated alkanes) is 3. The van der Waals surface area contributed by atoms with E-state index in [9.17, 15) is 9.59 Å². The van der Waals surface area contributed by atoms with Crippen LogP contribution in [0.2, 0.25) is 10.0 Å². The summed E-state index contributed by atoms with van der Waals surface area (Å²) < 4.78 is 0. The van der Waals surface area contributed by atoms with Crippen molar-refractivity contribution in [2.45, 2.75) is 77.2 Å². The number of likely N-dealkylation sites (tertiary alicyclic amines) is 1. The predicted octanol–water partition coefficient (Wildman–Crippen LogP) is 7.60.